The lowest BCUT2D eigenvalue weighted by Crippen LogP contribution is -2.43. The standard InChI is InChI=1S/C17H28N4/c1-2-12-20(11-1)13-3-8-19-16-6-14-21(15-7-16)17-4-9-18-10-5-17/h4-5,9-10,16,19H,1-3,6-8,11-15H2. The Hall–Kier alpha value is -1.13. The maximum Gasteiger partial charge on any atom is 0.0397 e. The number of likely N-dealkylation sites (tertiary alicyclic amines) is 1. The first-order valence-corrected chi connectivity index (χ1v) is 8.52. The Morgan fingerprint density at radius 3 is 2.48 bits per heavy atom. The van der Waals surface area contributed by atoms with E-state index in [1.807, 2.05) is 12.4 Å². The van der Waals surface area contributed by atoms with Gasteiger partial charge in [-0.15, -0.1) is 0 Å². The second kappa shape index (κ2) is 7.76. The van der Waals surface area contributed by atoms with E-state index < -0.39 is 0 Å². The average molecular weight is 288 g/mol. The lowest BCUT2D eigenvalue weighted by molar-refractivity contribution is 0.322. The first-order chi connectivity index (χ1) is 10.4. The normalized spacial score (nSPS) is 21.0. The first kappa shape index (κ1) is 14.8. The minimum Gasteiger partial charge on any atom is -0.371 e. The fraction of sp³-hybridized carbons (Fsp3) is 0.706. The van der Waals surface area contributed by atoms with E-state index in [2.05, 4.69) is 32.2 Å². The fourth-order valence-electron chi connectivity index (χ4n) is 3.51. The van der Waals surface area contributed by atoms with Gasteiger partial charge in [0.15, 0.2) is 0 Å². The highest BCUT2D eigenvalue weighted by Gasteiger charge is 2.18. The van der Waals surface area contributed by atoms with E-state index in [0.717, 1.165) is 13.1 Å². The number of anilines is 1. The number of hydrogen-bond donors (Lipinski definition) is 1. The first-order valence-electron chi connectivity index (χ1n) is 8.52. The third kappa shape index (κ3) is 4.42. The molecule has 21 heavy (non-hydrogen) atoms. The molecule has 2 aliphatic rings. The van der Waals surface area contributed by atoms with E-state index in [4.69, 9.17) is 0 Å². The summed E-state index contributed by atoms with van der Waals surface area (Å²) in [6.07, 6.45) is 10.4. The number of pyridine rings is 1. The van der Waals surface area contributed by atoms with Crippen molar-refractivity contribution in [2.45, 2.75) is 38.1 Å². The summed E-state index contributed by atoms with van der Waals surface area (Å²) in [6.45, 7) is 7.43. The molecule has 2 fully saturated rings. The minimum absolute atomic E-state index is 0.710. The molecule has 0 unspecified atom stereocenters. The number of aromatic nitrogens is 1. The molecule has 0 aromatic carbocycles. The van der Waals surface area contributed by atoms with Crippen LogP contribution in [0.2, 0.25) is 0 Å². The van der Waals surface area contributed by atoms with Gasteiger partial charge in [-0.2, -0.15) is 0 Å². The maximum absolute atomic E-state index is 4.09. The predicted octanol–water partition coefficient (Wildman–Crippen LogP) is 2.13. The maximum atomic E-state index is 4.09. The van der Waals surface area contributed by atoms with Crippen LogP contribution in [-0.4, -0.2) is 55.2 Å². The molecule has 2 saturated heterocycles. The smallest absolute Gasteiger partial charge is 0.0397 e. The van der Waals surface area contributed by atoms with Crippen molar-refractivity contribution < 1.29 is 0 Å². The lowest BCUT2D eigenvalue weighted by Gasteiger charge is -2.34. The van der Waals surface area contributed by atoms with Crippen LogP contribution in [0.1, 0.15) is 32.1 Å². The molecule has 1 aromatic rings. The van der Waals surface area contributed by atoms with Gasteiger partial charge in [-0.25, -0.2) is 0 Å². The second-order valence-corrected chi connectivity index (χ2v) is 6.32. The van der Waals surface area contributed by atoms with E-state index in [9.17, 15) is 0 Å². The Morgan fingerprint density at radius 1 is 1.05 bits per heavy atom. The fourth-order valence-corrected chi connectivity index (χ4v) is 3.51. The summed E-state index contributed by atoms with van der Waals surface area (Å²) < 4.78 is 0. The molecule has 0 radical (unpaired) electrons. The highest BCUT2D eigenvalue weighted by atomic mass is 15.2. The van der Waals surface area contributed by atoms with Gasteiger partial charge in [0, 0.05) is 37.2 Å². The largest absolute Gasteiger partial charge is 0.371 e. The Balaban J connectivity index is 1.30. The van der Waals surface area contributed by atoms with Crippen LogP contribution in [0.3, 0.4) is 0 Å². The zero-order valence-electron chi connectivity index (χ0n) is 13.0. The van der Waals surface area contributed by atoms with Crippen molar-refractivity contribution in [1.82, 2.24) is 15.2 Å². The van der Waals surface area contributed by atoms with E-state index in [1.165, 1.54) is 64.0 Å². The van der Waals surface area contributed by atoms with Gasteiger partial charge < -0.3 is 15.1 Å². The minimum atomic E-state index is 0.710. The van der Waals surface area contributed by atoms with Crippen molar-refractivity contribution in [3.63, 3.8) is 0 Å². The molecule has 4 nitrogen and oxygen atoms in total. The van der Waals surface area contributed by atoms with Gasteiger partial charge in [0.05, 0.1) is 0 Å². The second-order valence-electron chi connectivity index (χ2n) is 6.32. The highest BCUT2D eigenvalue weighted by Crippen LogP contribution is 2.18. The van der Waals surface area contributed by atoms with Crippen LogP contribution in [0, 0.1) is 0 Å². The molecule has 3 rings (SSSR count). The molecule has 116 valence electrons. The molecule has 3 heterocycles. The van der Waals surface area contributed by atoms with Crippen molar-refractivity contribution in [3.05, 3.63) is 24.5 Å². The van der Waals surface area contributed by atoms with Crippen molar-refractivity contribution in [3.8, 4) is 0 Å². The zero-order chi connectivity index (χ0) is 14.3. The lowest BCUT2D eigenvalue weighted by atomic mass is 10.0. The van der Waals surface area contributed by atoms with E-state index in [0.29, 0.717) is 6.04 Å². The highest BCUT2D eigenvalue weighted by molar-refractivity contribution is 5.44. The Labute approximate surface area is 128 Å². The Kier molecular flexibility index (Phi) is 5.46. The van der Waals surface area contributed by atoms with Gasteiger partial charge in [0.25, 0.3) is 0 Å². The number of hydrogen-bond acceptors (Lipinski definition) is 4. The summed E-state index contributed by atoms with van der Waals surface area (Å²) in [5.41, 5.74) is 1.32. The van der Waals surface area contributed by atoms with Gasteiger partial charge in [-0.3, -0.25) is 4.98 Å². The molecule has 0 spiro atoms. The molecular formula is C17H28N4. The molecule has 4 heteroatoms. The molecular weight excluding hydrogens is 260 g/mol. The monoisotopic (exact) mass is 288 g/mol. The number of rotatable bonds is 6. The van der Waals surface area contributed by atoms with E-state index >= 15 is 0 Å². The summed E-state index contributed by atoms with van der Waals surface area (Å²) in [5.74, 6) is 0. The summed E-state index contributed by atoms with van der Waals surface area (Å²) in [5, 5.41) is 3.75. The van der Waals surface area contributed by atoms with Gasteiger partial charge in [0.2, 0.25) is 0 Å². The van der Waals surface area contributed by atoms with Crippen LogP contribution in [0.5, 0.6) is 0 Å². The van der Waals surface area contributed by atoms with E-state index in [1.54, 1.807) is 0 Å². The third-order valence-electron chi connectivity index (χ3n) is 4.81. The molecule has 0 amide bonds. The summed E-state index contributed by atoms with van der Waals surface area (Å²) in [7, 11) is 0. The number of nitrogens with zero attached hydrogens (tertiary/aromatic N) is 3. The predicted molar refractivity (Wildman–Crippen MR) is 87.8 cm³/mol. The van der Waals surface area contributed by atoms with Gasteiger partial charge in [-0.1, -0.05) is 0 Å². The third-order valence-corrected chi connectivity index (χ3v) is 4.81. The molecule has 0 aliphatic carbocycles. The molecule has 0 saturated carbocycles. The van der Waals surface area contributed by atoms with Crippen LogP contribution in [0.4, 0.5) is 5.69 Å². The Bertz CT molecular complexity index is 395. The van der Waals surface area contributed by atoms with Crippen LogP contribution >= 0.6 is 0 Å². The molecule has 1 aromatic heterocycles. The molecule has 0 atom stereocenters. The van der Waals surface area contributed by atoms with E-state index in [-0.39, 0.29) is 0 Å². The van der Waals surface area contributed by atoms with Crippen molar-refractivity contribution in [2.75, 3.05) is 44.2 Å². The summed E-state index contributed by atoms with van der Waals surface area (Å²) in [6, 6.07) is 4.94. The van der Waals surface area contributed by atoms with Crippen molar-refractivity contribution >= 4 is 5.69 Å². The zero-order valence-corrected chi connectivity index (χ0v) is 13.0. The Morgan fingerprint density at radius 2 is 1.76 bits per heavy atom. The topological polar surface area (TPSA) is 31.4 Å². The van der Waals surface area contributed by atoms with Crippen molar-refractivity contribution in [2.24, 2.45) is 0 Å². The van der Waals surface area contributed by atoms with Gasteiger partial charge in [0.1, 0.15) is 0 Å². The van der Waals surface area contributed by atoms with Crippen LogP contribution < -0.4 is 10.2 Å². The van der Waals surface area contributed by atoms with Crippen LogP contribution in [0.25, 0.3) is 0 Å². The average Bonchev–Trinajstić information content (AvgIpc) is 3.06. The number of piperidine rings is 1. The SMILES string of the molecule is c1cc(N2CCC(NCCCN3CCCC3)CC2)ccn1. The summed E-state index contributed by atoms with van der Waals surface area (Å²) in [4.78, 5) is 9.18. The molecule has 2 aliphatic heterocycles. The quantitative estimate of drug-likeness (QED) is 0.813. The van der Waals surface area contributed by atoms with Crippen LogP contribution in [0.15, 0.2) is 24.5 Å². The van der Waals surface area contributed by atoms with Gasteiger partial charge in [-0.05, 0) is 70.4 Å². The van der Waals surface area contributed by atoms with Crippen molar-refractivity contribution in [1.29, 1.82) is 0 Å². The number of nitrogens with one attached hydrogen (secondary N) is 1. The summed E-state index contributed by atoms with van der Waals surface area (Å²) >= 11 is 0. The van der Waals surface area contributed by atoms with Gasteiger partial charge >= 0.3 is 0 Å². The molecule has 0 bridgehead atoms. The van der Waals surface area contributed by atoms with Crippen LogP contribution in [-0.2, 0) is 0 Å². The molecule has 1 N–H and O–H groups in total.